The van der Waals surface area contributed by atoms with E-state index >= 15 is 0 Å². The van der Waals surface area contributed by atoms with Gasteiger partial charge >= 0.3 is 0 Å². The molecule has 0 fully saturated rings. The van der Waals surface area contributed by atoms with E-state index in [0.29, 0.717) is 0 Å². The number of imidazole rings is 1. The van der Waals surface area contributed by atoms with E-state index < -0.39 is 0 Å². The van der Waals surface area contributed by atoms with Crippen molar-refractivity contribution in [3.05, 3.63) is 18.7 Å². The van der Waals surface area contributed by atoms with Crippen molar-refractivity contribution >= 4 is 0 Å². The number of nitrogens with zero attached hydrogens (tertiary/aromatic N) is 2. The first-order chi connectivity index (χ1) is 4.83. The van der Waals surface area contributed by atoms with Crippen molar-refractivity contribution in [1.29, 1.82) is 0 Å². The Balaban J connectivity index is -0.0000000667. The van der Waals surface area contributed by atoms with Crippen LogP contribution in [0.25, 0.3) is 0 Å². The Morgan fingerprint density at radius 2 is 1.67 bits per heavy atom. The van der Waals surface area contributed by atoms with Gasteiger partial charge in [0.05, 0.1) is 13.6 Å². The molecule has 0 atom stereocenters. The molecule has 0 aliphatic heterocycles. The van der Waals surface area contributed by atoms with E-state index in [9.17, 15) is 0 Å². The van der Waals surface area contributed by atoms with Crippen LogP contribution in [-0.4, -0.2) is 4.57 Å². The van der Waals surface area contributed by atoms with Crippen LogP contribution in [0.5, 0.6) is 0 Å². The molecule has 1 rings (SSSR count). The third-order valence-electron chi connectivity index (χ3n) is 1.59. The van der Waals surface area contributed by atoms with Crippen molar-refractivity contribution < 1.29 is 71.3 Å². The number of unbranched alkanes of at least 4 members (excludes halogenated alkanes) is 1. The van der Waals surface area contributed by atoms with Crippen LogP contribution >= 0.6 is 0 Å². The zero-order chi connectivity index (χ0) is 7.40. The molecule has 1 heterocycles. The fourth-order valence-corrected chi connectivity index (χ4v) is 0.975. The summed E-state index contributed by atoms with van der Waals surface area (Å²) in [6.45, 7) is 3.36. The van der Waals surface area contributed by atoms with Gasteiger partial charge in [0.2, 0.25) is 6.33 Å². The quantitative estimate of drug-likeness (QED) is 0.383. The third kappa shape index (κ3) is 12.8. The molecular formula is C8H15Cl4FeN2-3. The molecule has 0 saturated carbocycles. The van der Waals surface area contributed by atoms with Crippen molar-refractivity contribution in [2.45, 2.75) is 26.3 Å². The van der Waals surface area contributed by atoms with Crippen LogP contribution in [0.3, 0.4) is 0 Å². The third-order valence-corrected chi connectivity index (χ3v) is 1.59. The monoisotopic (exact) mass is 335 g/mol. The Kier molecular flexibility index (Phi) is 34.2. The number of hydrogen-bond acceptors (Lipinski definition) is 0. The molecule has 96 valence electrons. The fraction of sp³-hybridized carbons (Fsp3) is 0.625. The molecule has 0 aliphatic rings. The Bertz CT molecular complexity index is 208. The second kappa shape index (κ2) is 17.3. The molecule has 15 heavy (non-hydrogen) atoms. The SMILES string of the molecule is CCCCn1cc[n+](C)c1.[Cl-].[Cl-].[Cl-].[Cl-].[Fe]. The van der Waals surface area contributed by atoms with E-state index in [1.165, 1.54) is 12.8 Å². The van der Waals surface area contributed by atoms with Crippen LogP contribution in [0.2, 0.25) is 0 Å². The van der Waals surface area contributed by atoms with Gasteiger partial charge in [-0.1, -0.05) is 13.3 Å². The molecule has 0 N–H and O–H groups in total. The van der Waals surface area contributed by atoms with Gasteiger partial charge in [-0.05, 0) is 6.42 Å². The molecular weight excluding hydrogens is 322 g/mol. The predicted octanol–water partition coefficient (Wildman–Crippen LogP) is -10.9. The van der Waals surface area contributed by atoms with Crippen LogP contribution in [-0.2, 0) is 30.7 Å². The van der Waals surface area contributed by atoms with Crippen LogP contribution in [0.15, 0.2) is 18.7 Å². The van der Waals surface area contributed by atoms with Crippen molar-refractivity contribution in [1.82, 2.24) is 4.57 Å². The number of aromatic nitrogens is 2. The van der Waals surface area contributed by atoms with E-state index in [2.05, 4.69) is 34.8 Å². The summed E-state index contributed by atoms with van der Waals surface area (Å²) in [6, 6.07) is 0. The minimum atomic E-state index is 0. The van der Waals surface area contributed by atoms with E-state index in [-0.39, 0.29) is 66.7 Å². The molecule has 1 aromatic rings. The number of halogens is 4. The Morgan fingerprint density at radius 1 is 1.13 bits per heavy atom. The maximum atomic E-state index is 2.21. The van der Waals surface area contributed by atoms with Gasteiger partial charge in [0.15, 0.2) is 0 Å². The summed E-state index contributed by atoms with van der Waals surface area (Å²) in [6.07, 6.45) is 8.82. The van der Waals surface area contributed by atoms with Crippen LogP contribution in [0, 0.1) is 0 Å². The average Bonchev–Trinajstić information content (AvgIpc) is 2.31. The van der Waals surface area contributed by atoms with Crippen molar-refractivity contribution in [3.8, 4) is 0 Å². The molecule has 0 amide bonds. The van der Waals surface area contributed by atoms with E-state index in [4.69, 9.17) is 0 Å². The molecule has 1 aromatic heterocycles. The van der Waals surface area contributed by atoms with Gasteiger partial charge in [0, 0.05) is 17.1 Å². The Morgan fingerprint density at radius 3 is 2.00 bits per heavy atom. The molecule has 0 aromatic carbocycles. The first-order valence-corrected chi connectivity index (χ1v) is 3.84. The minimum absolute atomic E-state index is 0. The summed E-state index contributed by atoms with van der Waals surface area (Å²) in [5, 5.41) is 0. The van der Waals surface area contributed by atoms with Gasteiger partial charge in [-0.15, -0.1) is 0 Å². The zero-order valence-corrected chi connectivity index (χ0v) is 12.7. The summed E-state index contributed by atoms with van der Waals surface area (Å²) in [7, 11) is 2.04. The molecule has 2 nitrogen and oxygen atoms in total. The summed E-state index contributed by atoms with van der Waals surface area (Å²) < 4.78 is 4.28. The molecule has 0 aliphatic carbocycles. The van der Waals surface area contributed by atoms with E-state index in [0.717, 1.165) is 6.54 Å². The van der Waals surface area contributed by atoms with E-state index in [1.807, 2.05) is 7.05 Å². The predicted molar refractivity (Wildman–Crippen MR) is 40.5 cm³/mol. The Labute approximate surface area is 127 Å². The molecule has 0 unspecified atom stereocenters. The maximum Gasteiger partial charge on any atom is 0.243 e. The normalized spacial score (nSPS) is 6.80. The van der Waals surface area contributed by atoms with Crippen molar-refractivity contribution in [2.75, 3.05) is 0 Å². The Hall–Kier alpha value is 0.889. The van der Waals surface area contributed by atoms with E-state index in [1.54, 1.807) is 0 Å². The van der Waals surface area contributed by atoms with Gasteiger partial charge in [-0.25, -0.2) is 9.13 Å². The first kappa shape index (κ1) is 29.7. The molecule has 0 spiro atoms. The van der Waals surface area contributed by atoms with Gasteiger partial charge in [-0.2, -0.15) is 0 Å². The molecule has 0 saturated heterocycles. The number of hydrogen-bond donors (Lipinski definition) is 0. The van der Waals surface area contributed by atoms with Crippen molar-refractivity contribution in [3.63, 3.8) is 0 Å². The van der Waals surface area contributed by atoms with Gasteiger partial charge < -0.3 is 49.6 Å². The molecule has 7 heteroatoms. The van der Waals surface area contributed by atoms with Crippen LogP contribution in [0.4, 0.5) is 0 Å². The van der Waals surface area contributed by atoms with Gasteiger partial charge in [0.25, 0.3) is 0 Å². The minimum Gasteiger partial charge on any atom is -1.00 e. The van der Waals surface area contributed by atoms with Crippen LogP contribution < -0.4 is 54.2 Å². The average molecular weight is 337 g/mol. The summed E-state index contributed by atoms with van der Waals surface area (Å²) >= 11 is 0. The first-order valence-electron chi connectivity index (χ1n) is 3.84. The molecule has 0 bridgehead atoms. The number of aryl methyl sites for hydroxylation is 2. The summed E-state index contributed by atoms with van der Waals surface area (Å²) in [5.41, 5.74) is 0. The summed E-state index contributed by atoms with van der Waals surface area (Å²) in [4.78, 5) is 0. The fourth-order valence-electron chi connectivity index (χ4n) is 0.975. The topological polar surface area (TPSA) is 8.81 Å². The largest absolute Gasteiger partial charge is 1.00 e. The standard InChI is InChI=1S/C8H15N2.4ClH.Fe/c1-3-4-5-10-7-6-9(2)8-10;;;;;/h6-8H,3-5H2,1-2H3;4*1H;/q+1;;;;;/p-4. The number of rotatable bonds is 3. The second-order valence-corrected chi connectivity index (χ2v) is 2.67. The van der Waals surface area contributed by atoms with Crippen LogP contribution in [0.1, 0.15) is 19.8 Å². The zero-order valence-electron chi connectivity index (χ0n) is 8.61. The van der Waals surface area contributed by atoms with Gasteiger partial charge in [0.1, 0.15) is 12.4 Å². The summed E-state index contributed by atoms with van der Waals surface area (Å²) in [5.74, 6) is 0. The maximum absolute atomic E-state index is 2.21. The second-order valence-electron chi connectivity index (χ2n) is 2.67. The van der Waals surface area contributed by atoms with Crippen molar-refractivity contribution in [2.24, 2.45) is 7.05 Å². The van der Waals surface area contributed by atoms with Gasteiger partial charge in [-0.3, -0.25) is 0 Å². The molecule has 0 radical (unpaired) electrons. The smallest absolute Gasteiger partial charge is 0.243 e.